The molecule has 0 aromatic rings. The largest absolute Gasteiger partial charge is 0.337 e. The summed E-state index contributed by atoms with van der Waals surface area (Å²) in [5.41, 5.74) is 5.89. The second-order valence-corrected chi connectivity index (χ2v) is 5.75. The van der Waals surface area contributed by atoms with Gasteiger partial charge in [0.25, 0.3) is 0 Å². The highest BCUT2D eigenvalue weighted by molar-refractivity contribution is 5.79. The molecular weight excluding hydrogens is 214 g/mol. The second-order valence-electron chi connectivity index (χ2n) is 5.75. The summed E-state index contributed by atoms with van der Waals surface area (Å²) < 4.78 is 0. The maximum Gasteiger partial charge on any atom is 0.226 e. The number of likely N-dealkylation sites (N-methyl/N-ethyl adjacent to an activating group) is 1. The summed E-state index contributed by atoms with van der Waals surface area (Å²) in [6.45, 7) is 5.04. The zero-order valence-corrected chi connectivity index (χ0v) is 11.1. The molecule has 1 aliphatic heterocycles. The Morgan fingerprint density at radius 3 is 2.41 bits per heavy atom. The van der Waals surface area contributed by atoms with Crippen molar-refractivity contribution in [2.45, 2.75) is 44.7 Å². The van der Waals surface area contributed by atoms with Gasteiger partial charge in [0.15, 0.2) is 0 Å². The molecule has 2 fully saturated rings. The topological polar surface area (TPSA) is 49.6 Å². The Hall–Kier alpha value is -0.610. The number of amides is 1. The van der Waals surface area contributed by atoms with E-state index in [1.807, 2.05) is 0 Å². The van der Waals surface area contributed by atoms with Gasteiger partial charge in [-0.15, -0.1) is 0 Å². The maximum absolute atomic E-state index is 12.4. The Balaban J connectivity index is 1.91. The monoisotopic (exact) mass is 239 g/mol. The molecule has 1 saturated carbocycles. The second kappa shape index (κ2) is 5.36. The van der Waals surface area contributed by atoms with Crippen LogP contribution in [0.5, 0.6) is 0 Å². The van der Waals surface area contributed by atoms with Gasteiger partial charge in [-0.25, -0.2) is 0 Å². The number of piperazine rings is 1. The minimum absolute atomic E-state index is 0.237. The normalized spacial score (nSPS) is 35.9. The van der Waals surface area contributed by atoms with Gasteiger partial charge < -0.3 is 15.5 Å². The molecular formula is C13H25N3O. The number of hydrogen-bond acceptors (Lipinski definition) is 3. The van der Waals surface area contributed by atoms with Crippen molar-refractivity contribution in [2.75, 3.05) is 26.7 Å². The average molecular weight is 239 g/mol. The third kappa shape index (κ3) is 2.99. The number of carbonyl (C=O) groups excluding carboxylic acids is 1. The van der Waals surface area contributed by atoms with Gasteiger partial charge in [0.2, 0.25) is 5.91 Å². The van der Waals surface area contributed by atoms with Crippen LogP contribution in [0.3, 0.4) is 0 Å². The Labute approximate surface area is 104 Å². The first-order chi connectivity index (χ1) is 8.08. The molecule has 0 aromatic heterocycles. The van der Waals surface area contributed by atoms with Crippen LogP contribution in [0.4, 0.5) is 0 Å². The average Bonchev–Trinajstić information content (AvgIpc) is 2.29. The quantitative estimate of drug-likeness (QED) is 0.731. The summed E-state index contributed by atoms with van der Waals surface area (Å²) in [6.07, 6.45) is 4.00. The fraction of sp³-hybridized carbons (Fsp3) is 0.923. The van der Waals surface area contributed by atoms with Crippen LogP contribution in [0, 0.1) is 5.92 Å². The fourth-order valence-corrected chi connectivity index (χ4v) is 3.07. The summed E-state index contributed by atoms with van der Waals surface area (Å²) in [5, 5.41) is 0. The lowest BCUT2D eigenvalue weighted by molar-refractivity contribution is -0.140. The first kappa shape index (κ1) is 12.8. The van der Waals surface area contributed by atoms with Gasteiger partial charge in [0.05, 0.1) is 0 Å². The van der Waals surface area contributed by atoms with Crippen LogP contribution in [-0.4, -0.2) is 54.5 Å². The SMILES string of the molecule is CC1CN(C)CCN1C(=O)C1CCC(N)CC1. The van der Waals surface area contributed by atoms with E-state index < -0.39 is 0 Å². The Kier molecular flexibility index (Phi) is 4.05. The predicted molar refractivity (Wildman–Crippen MR) is 68.6 cm³/mol. The molecule has 17 heavy (non-hydrogen) atoms. The number of rotatable bonds is 1. The zero-order valence-electron chi connectivity index (χ0n) is 11.1. The Bertz CT molecular complexity index is 274. The van der Waals surface area contributed by atoms with Gasteiger partial charge >= 0.3 is 0 Å². The van der Waals surface area contributed by atoms with Crippen LogP contribution < -0.4 is 5.73 Å². The van der Waals surface area contributed by atoms with E-state index >= 15 is 0 Å². The summed E-state index contributed by atoms with van der Waals surface area (Å²) in [6, 6.07) is 0.681. The lowest BCUT2D eigenvalue weighted by atomic mass is 9.85. The number of hydrogen-bond donors (Lipinski definition) is 1. The van der Waals surface area contributed by atoms with Gasteiger partial charge in [-0.05, 0) is 39.7 Å². The highest BCUT2D eigenvalue weighted by Crippen LogP contribution is 2.26. The van der Waals surface area contributed by atoms with Crippen LogP contribution in [0.1, 0.15) is 32.6 Å². The number of nitrogens with zero attached hydrogens (tertiary/aromatic N) is 2. The van der Waals surface area contributed by atoms with Gasteiger partial charge in [-0.3, -0.25) is 4.79 Å². The van der Waals surface area contributed by atoms with Crippen molar-refractivity contribution in [1.82, 2.24) is 9.80 Å². The molecule has 2 aliphatic rings. The molecule has 0 radical (unpaired) electrons. The smallest absolute Gasteiger partial charge is 0.226 e. The predicted octanol–water partition coefficient (Wildman–Crippen LogP) is 0.666. The fourth-order valence-electron chi connectivity index (χ4n) is 3.07. The lowest BCUT2D eigenvalue weighted by Gasteiger charge is -2.40. The molecule has 0 spiro atoms. The highest BCUT2D eigenvalue weighted by Gasteiger charge is 2.32. The summed E-state index contributed by atoms with van der Waals surface area (Å²) in [5.74, 6) is 0.609. The van der Waals surface area contributed by atoms with Crippen LogP contribution in [0.2, 0.25) is 0 Å². The van der Waals surface area contributed by atoms with E-state index in [1.165, 1.54) is 0 Å². The molecule has 2 N–H and O–H groups in total. The van der Waals surface area contributed by atoms with E-state index in [4.69, 9.17) is 5.73 Å². The van der Waals surface area contributed by atoms with Crippen molar-refractivity contribution in [2.24, 2.45) is 11.7 Å². The Morgan fingerprint density at radius 2 is 1.82 bits per heavy atom. The Morgan fingerprint density at radius 1 is 1.18 bits per heavy atom. The maximum atomic E-state index is 12.4. The molecule has 2 rings (SSSR count). The van der Waals surface area contributed by atoms with Crippen LogP contribution in [0.25, 0.3) is 0 Å². The number of carbonyl (C=O) groups is 1. The van der Waals surface area contributed by atoms with E-state index in [-0.39, 0.29) is 5.92 Å². The van der Waals surface area contributed by atoms with Crippen molar-refractivity contribution < 1.29 is 4.79 Å². The van der Waals surface area contributed by atoms with Crippen molar-refractivity contribution in [3.05, 3.63) is 0 Å². The van der Waals surface area contributed by atoms with Crippen molar-refractivity contribution >= 4 is 5.91 Å². The molecule has 0 bridgehead atoms. The standard InChI is InChI=1S/C13H25N3O/c1-10-9-15(2)7-8-16(10)13(17)11-3-5-12(14)6-4-11/h10-12H,3-9,14H2,1-2H3. The molecule has 1 saturated heterocycles. The van der Waals surface area contributed by atoms with Crippen LogP contribution >= 0.6 is 0 Å². The lowest BCUT2D eigenvalue weighted by Crippen LogP contribution is -2.54. The van der Waals surface area contributed by atoms with Crippen molar-refractivity contribution in [3.8, 4) is 0 Å². The van der Waals surface area contributed by atoms with Crippen LogP contribution in [0.15, 0.2) is 0 Å². The minimum atomic E-state index is 0.237. The van der Waals surface area contributed by atoms with Gasteiger partial charge in [-0.1, -0.05) is 0 Å². The third-order valence-electron chi connectivity index (χ3n) is 4.23. The summed E-state index contributed by atoms with van der Waals surface area (Å²) in [4.78, 5) is 16.8. The van der Waals surface area contributed by atoms with Gasteiger partial charge in [0.1, 0.15) is 0 Å². The first-order valence-corrected chi connectivity index (χ1v) is 6.82. The summed E-state index contributed by atoms with van der Waals surface area (Å²) >= 11 is 0. The van der Waals surface area contributed by atoms with Gasteiger partial charge in [-0.2, -0.15) is 0 Å². The van der Waals surface area contributed by atoms with Crippen molar-refractivity contribution in [3.63, 3.8) is 0 Å². The van der Waals surface area contributed by atoms with Crippen molar-refractivity contribution in [1.29, 1.82) is 0 Å². The van der Waals surface area contributed by atoms with E-state index in [0.29, 0.717) is 18.0 Å². The molecule has 4 nitrogen and oxygen atoms in total. The first-order valence-electron chi connectivity index (χ1n) is 6.82. The van der Waals surface area contributed by atoms with E-state index in [0.717, 1.165) is 45.3 Å². The molecule has 1 amide bonds. The zero-order chi connectivity index (χ0) is 12.4. The highest BCUT2D eigenvalue weighted by atomic mass is 16.2. The molecule has 4 heteroatoms. The molecule has 1 unspecified atom stereocenters. The van der Waals surface area contributed by atoms with E-state index in [9.17, 15) is 4.79 Å². The molecule has 1 aliphatic carbocycles. The number of nitrogens with two attached hydrogens (primary N) is 1. The van der Waals surface area contributed by atoms with Gasteiger partial charge in [0, 0.05) is 37.6 Å². The molecule has 1 heterocycles. The molecule has 98 valence electrons. The van der Waals surface area contributed by atoms with E-state index in [1.54, 1.807) is 0 Å². The summed E-state index contributed by atoms with van der Waals surface area (Å²) in [7, 11) is 2.12. The van der Waals surface area contributed by atoms with Crippen LogP contribution in [-0.2, 0) is 4.79 Å². The third-order valence-corrected chi connectivity index (χ3v) is 4.23. The minimum Gasteiger partial charge on any atom is -0.337 e. The molecule has 0 aromatic carbocycles. The molecule has 1 atom stereocenters. The van der Waals surface area contributed by atoms with E-state index in [2.05, 4.69) is 23.8 Å².